The first-order valence-electron chi connectivity index (χ1n) is 8.98. The van der Waals surface area contributed by atoms with Crippen LogP contribution in [0, 0.1) is 5.92 Å². The topological polar surface area (TPSA) is 51.9 Å². The predicted molar refractivity (Wildman–Crippen MR) is 92.8 cm³/mol. The van der Waals surface area contributed by atoms with Crippen LogP contribution in [-0.2, 0) is 9.47 Å². The Labute approximate surface area is 145 Å². The van der Waals surface area contributed by atoms with Crippen molar-refractivity contribution < 1.29 is 18.7 Å². The number of piperidine rings is 1. The van der Waals surface area contributed by atoms with Crippen LogP contribution >= 0.6 is 0 Å². The van der Waals surface area contributed by atoms with E-state index in [1.165, 1.54) is 6.42 Å². The second-order valence-corrected chi connectivity index (χ2v) is 7.61. The summed E-state index contributed by atoms with van der Waals surface area (Å²) in [4.78, 5) is 14.0. The second-order valence-electron chi connectivity index (χ2n) is 7.61. The van der Waals surface area contributed by atoms with Gasteiger partial charge in [0.2, 0.25) is 0 Å². The molecule has 1 aliphatic rings. The maximum Gasteiger partial charge on any atom is 0.410 e. The van der Waals surface area contributed by atoms with Gasteiger partial charge in [0.05, 0.1) is 6.26 Å². The highest BCUT2D eigenvalue weighted by molar-refractivity contribution is 5.68. The fourth-order valence-corrected chi connectivity index (χ4v) is 3.03. The molecule has 136 valence electrons. The summed E-state index contributed by atoms with van der Waals surface area (Å²) in [7, 11) is 0. The van der Waals surface area contributed by atoms with Gasteiger partial charge in [-0.2, -0.15) is 0 Å². The van der Waals surface area contributed by atoms with Crippen molar-refractivity contribution in [3.63, 3.8) is 0 Å². The average Bonchev–Trinajstić information content (AvgIpc) is 3.04. The van der Waals surface area contributed by atoms with E-state index in [0.29, 0.717) is 12.5 Å². The lowest BCUT2D eigenvalue weighted by molar-refractivity contribution is 0.0143. The number of hydrogen-bond donors (Lipinski definition) is 0. The quantitative estimate of drug-likeness (QED) is 0.701. The minimum atomic E-state index is -0.431. The molecule has 0 radical (unpaired) electrons. The van der Waals surface area contributed by atoms with E-state index >= 15 is 0 Å². The van der Waals surface area contributed by atoms with Crippen molar-refractivity contribution in [3.8, 4) is 0 Å². The Morgan fingerprint density at radius 3 is 2.92 bits per heavy atom. The molecule has 5 nitrogen and oxygen atoms in total. The van der Waals surface area contributed by atoms with Crippen molar-refractivity contribution in [1.29, 1.82) is 0 Å². The fraction of sp³-hybridized carbons (Fsp3) is 0.737. The molecule has 1 amide bonds. The van der Waals surface area contributed by atoms with E-state index in [4.69, 9.17) is 13.9 Å². The minimum Gasteiger partial charge on any atom is -0.467 e. The zero-order valence-corrected chi connectivity index (χ0v) is 15.4. The Morgan fingerprint density at radius 2 is 2.25 bits per heavy atom. The molecule has 0 bridgehead atoms. The molecule has 0 N–H and O–H groups in total. The van der Waals surface area contributed by atoms with Gasteiger partial charge in [-0.1, -0.05) is 0 Å². The van der Waals surface area contributed by atoms with Crippen LogP contribution in [0.25, 0.3) is 0 Å². The Morgan fingerprint density at radius 1 is 1.46 bits per heavy atom. The monoisotopic (exact) mass is 337 g/mol. The highest BCUT2D eigenvalue weighted by Gasteiger charge is 2.27. The largest absolute Gasteiger partial charge is 0.467 e. The van der Waals surface area contributed by atoms with Crippen LogP contribution in [0.3, 0.4) is 0 Å². The van der Waals surface area contributed by atoms with Crippen LogP contribution in [-0.4, -0.2) is 36.3 Å². The minimum absolute atomic E-state index is 0.00961. The summed E-state index contributed by atoms with van der Waals surface area (Å²) in [5, 5.41) is 0. The highest BCUT2D eigenvalue weighted by Crippen LogP contribution is 2.24. The van der Waals surface area contributed by atoms with Crippen molar-refractivity contribution >= 4 is 6.09 Å². The Hall–Kier alpha value is -1.49. The summed E-state index contributed by atoms with van der Waals surface area (Å²) in [6, 6.07) is 3.81. The van der Waals surface area contributed by atoms with Crippen molar-refractivity contribution in [3.05, 3.63) is 24.2 Å². The first kappa shape index (κ1) is 18.8. The Balaban J connectivity index is 1.66. The smallest absolute Gasteiger partial charge is 0.410 e. The predicted octanol–water partition coefficient (Wildman–Crippen LogP) is 4.78. The van der Waals surface area contributed by atoms with Crippen LogP contribution in [0.2, 0.25) is 0 Å². The van der Waals surface area contributed by atoms with E-state index in [2.05, 4.69) is 0 Å². The lowest BCUT2D eigenvalue weighted by Gasteiger charge is -2.34. The average molecular weight is 337 g/mol. The van der Waals surface area contributed by atoms with Crippen molar-refractivity contribution in [1.82, 2.24) is 4.90 Å². The fourth-order valence-electron chi connectivity index (χ4n) is 3.03. The standard InChI is InChI=1S/C19H31NO4/c1-15(17-10-7-13-23-17)22-12-6-9-16-8-5-11-20(14-16)18(21)24-19(2,3)4/h7,10,13,15-16H,5-6,8-9,11-12,14H2,1-4H3. The van der Waals surface area contributed by atoms with Crippen molar-refractivity contribution in [2.75, 3.05) is 19.7 Å². The lowest BCUT2D eigenvalue weighted by atomic mass is 9.94. The summed E-state index contributed by atoms with van der Waals surface area (Å²) < 4.78 is 16.6. The summed E-state index contributed by atoms with van der Waals surface area (Å²) in [6.45, 7) is 10.0. The van der Waals surface area contributed by atoms with Gasteiger partial charge in [-0.05, 0) is 71.4 Å². The summed E-state index contributed by atoms with van der Waals surface area (Å²) >= 11 is 0. The van der Waals surface area contributed by atoms with E-state index in [9.17, 15) is 4.79 Å². The van der Waals surface area contributed by atoms with E-state index in [-0.39, 0.29) is 12.2 Å². The molecule has 2 unspecified atom stereocenters. The highest BCUT2D eigenvalue weighted by atomic mass is 16.6. The van der Waals surface area contributed by atoms with Gasteiger partial charge in [0, 0.05) is 19.7 Å². The third-order valence-corrected chi connectivity index (χ3v) is 4.24. The normalized spacial score (nSPS) is 20.0. The number of rotatable bonds is 6. The molecule has 5 heteroatoms. The molecule has 0 spiro atoms. The number of likely N-dealkylation sites (tertiary alicyclic amines) is 1. The molecular weight excluding hydrogens is 306 g/mol. The van der Waals surface area contributed by atoms with Gasteiger partial charge in [-0.25, -0.2) is 4.79 Å². The number of furan rings is 1. The first-order valence-corrected chi connectivity index (χ1v) is 8.98. The molecule has 24 heavy (non-hydrogen) atoms. The molecule has 1 aromatic heterocycles. The van der Waals surface area contributed by atoms with Gasteiger partial charge in [0.15, 0.2) is 0 Å². The molecular formula is C19H31NO4. The van der Waals surface area contributed by atoms with Crippen molar-refractivity contribution in [2.24, 2.45) is 5.92 Å². The molecule has 1 fully saturated rings. The maximum absolute atomic E-state index is 12.2. The summed E-state index contributed by atoms with van der Waals surface area (Å²) in [6.07, 6.45) is 5.77. The van der Waals surface area contributed by atoms with E-state index in [0.717, 1.165) is 38.1 Å². The Bertz CT molecular complexity index is 492. The number of amides is 1. The molecule has 2 rings (SSSR count). The zero-order chi connectivity index (χ0) is 17.6. The second kappa shape index (κ2) is 8.56. The van der Waals surface area contributed by atoms with Crippen LogP contribution in [0.15, 0.2) is 22.8 Å². The first-order chi connectivity index (χ1) is 11.3. The third kappa shape index (κ3) is 6.19. The SMILES string of the molecule is CC(OCCCC1CCCN(C(=O)OC(C)(C)C)C1)c1ccco1. The lowest BCUT2D eigenvalue weighted by Crippen LogP contribution is -2.42. The van der Waals surface area contributed by atoms with E-state index < -0.39 is 5.60 Å². The van der Waals surface area contributed by atoms with Gasteiger partial charge < -0.3 is 18.8 Å². The van der Waals surface area contributed by atoms with Crippen LogP contribution in [0.5, 0.6) is 0 Å². The number of carbonyl (C=O) groups excluding carboxylic acids is 1. The summed E-state index contributed by atoms with van der Waals surface area (Å²) in [5.41, 5.74) is -0.431. The van der Waals surface area contributed by atoms with E-state index in [1.807, 2.05) is 44.7 Å². The van der Waals surface area contributed by atoms with Gasteiger partial charge >= 0.3 is 6.09 Å². The van der Waals surface area contributed by atoms with Gasteiger partial charge in [0.1, 0.15) is 17.5 Å². The summed E-state index contributed by atoms with van der Waals surface area (Å²) in [5.74, 6) is 1.40. The third-order valence-electron chi connectivity index (χ3n) is 4.24. The van der Waals surface area contributed by atoms with E-state index in [1.54, 1.807) is 6.26 Å². The van der Waals surface area contributed by atoms with Crippen LogP contribution < -0.4 is 0 Å². The number of ether oxygens (including phenoxy) is 2. The molecule has 0 saturated carbocycles. The molecule has 2 atom stereocenters. The molecule has 1 saturated heterocycles. The number of nitrogens with zero attached hydrogens (tertiary/aromatic N) is 1. The molecule has 1 aromatic rings. The van der Waals surface area contributed by atoms with Crippen LogP contribution in [0.1, 0.15) is 65.2 Å². The Kier molecular flexibility index (Phi) is 6.72. The molecule has 0 aromatic carbocycles. The molecule has 0 aliphatic carbocycles. The van der Waals surface area contributed by atoms with Gasteiger partial charge in [-0.3, -0.25) is 0 Å². The number of hydrogen-bond acceptors (Lipinski definition) is 4. The molecule has 1 aliphatic heterocycles. The zero-order valence-electron chi connectivity index (χ0n) is 15.4. The van der Waals surface area contributed by atoms with Crippen LogP contribution in [0.4, 0.5) is 4.79 Å². The maximum atomic E-state index is 12.2. The van der Waals surface area contributed by atoms with Crippen molar-refractivity contribution in [2.45, 2.75) is 65.1 Å². The van der Waals surface area contributed by atoms with Gasteiger partial charge in [-0.15, -0.1) is 0 Å². The number of carbonyl (C=O) groups is 1. The molecule has 2 heterocycles. The van der Waals surface area contributed by atoms with Gasteiger partial charge in [0.25, 0.3) is 0 Å².